The summed E-state index contributed by atoms with van der Waals surface area (Å²) in [4.78, 5) is 12.2. The molecule has 5 heteroatoms. The molecule has 0 bridgehead atoms. The Morgan fingerprint density at radius 3 is 2.47 bits per heavy atom. The van der Waals surface area contributed by atoms with Gasteiger partial charge in [0.25, 0.3) is 0 Å². The Morgan fingerprint density at radius 1 is 1.26 bits per heavy atom. The zero-order valence-corrected chi connectivity index (χ0v) is 11.1. The third-order valence-corrected chi connectivity index (χ3v) is 2.97. The van der Waals surface area contributed by atoms with Crippen molar-refractivity contribution in [3.05, 3.63) is 29.3 Å². The van der Waals surface area contributed by atoms with Crippen LogP contribution in [0.15, 0.2) is 18.2 Å². The molecule has 1 rings (SSSR count). The number of hydrogen-bond acceptors (Lipinski definition) is 2. The van der Waals surface area contributed by atoms with Crippen molar-refractivity contribution in [1.82, 2.24) is 0 Å². The van der Waals surface area contributed by atoms with Gasteiger partial charge in [0.2, 0.25) is 0 Å². The lowest BCUT2D eigenvalue weighted by Crippen LogP contribution is -2.22. The summed E-state index contributed by atoms with van der Waals surface area (Å²) in [6, 6.07) is 3.67. The van der Waals surface area contributed by atoms with Gasteiger partial charge in [-0.1, -0.05) is 19.8 Å². The number of nitrogens with zero attached hydrogens (tertiary/aromatic N) is 1. The highest BCUT2D eigenvalue weighted by Crippen LogP contribution is 2.36. The summed E-state index contributed by atoms with van der Waals surface area (Å²) in [5, 5.41) is 0. The Kier molecular flexibility index (Phi) is 5.39. The van der Waals surface area contributed by atoms with Crippen molar-refractivity contribution < 1.29 is 18.0 Å². The third-order valence-electron chi connectivity index (χ3n) is 2.97. The molecule has 0 spiro atoms. The fourth-order valence-electron chi connectivity index (χ4n) is 1.91. The van der Waals surface area contributed by atoms with Crippen LogP contribution in [-0.4, -0.2) is 19.9 Å². The molecule has 0 saturated heterocycles. The molecule has 106 valence electrons. The molecule has 0 aliphatic heterocycles. The number of halogens is 3. The van der Waals surface area contributed by atoms with E-state index in [2.05, 4.69) is 0 Å². The minimum absolute atomic E-state index is 0.0398. The number of anilines is 1. The molecule has 0 fully saturated rings. The molecule has 19 heavy (non-hydrogen) atoms. The number of unbranched alkanes of at least 4 members (excludes halogenated alkanes) is 2. The smallest absolute Gasteiger partial charge is 0.374 e. The molecule has 0 unspecified atom stereocenters. The highest BCUT2D eigenvalue weighted by molar-refractivity contribution is 5.77. The second kappa shape index (κ2) is 6.59. The number of hydrogen-bond donors (Lipinski definition) is 0. The molecule has 0 heterocycles. The maximum absolute atomic E-state index is 13.0. The summed E-state index contributed by atoms with van der Waals surface area (Å²) >= 11 is 0. The first-order chi connectivity index (χ1) is 8.90. The number of aldehydes is 1. The lowest BCUT2D eigenvalue weighted by Gasteiger charge is -2.23. The third kappa shape index (κ3) is 4.26. The predicted octanol–water partition coefficient (Wildman–Crippen LogP) is 4.14. The summed E-state index contributed by atoms with van der Waals surface area (Å²) in [7, 11) is 1.64. The molecule has 0 saturated carbocycles. The Bertz CT molecular complexity index is 429. The number of carbonyl (C=O) groups is 1. The predicted molar refractivity (Wildman–Crippen MR) is 69.6 cm³/mol. The van der Waals surface area contributed by atoms with Gasteiger partial charge >= 0.3 is 6.18 Å². The van der Waals surface area contributed by atoms with Gasteiger partial charge in [0.05, 0.1) is 5.56 Å². The molecule has 1 aromatic carbocycles. The molecule has 0 aliphatic carbocycles. The van der Waals surface area contributed by atoms with Gasteiger partial charge < -0.3 is 4.90 Å². The van der Waals surface area contributed by atoms with Crippen molar-refractivity contribution in [1.29, 1.82) is 0 Å². The Labute approximate surface area is 111 Å². The SMILES string of the molecule is CCCCCN(C)c1ccc(C=O)cc1C(F)(F)F. The first kappa shape index (κ1) is 15.5. The van der Waals surface area contributed by atoms with Gasteiger partial charge in [-0.05, 0) is 24.6 Å². The van der Waals surface area contributed by atoms with Crippen molar-refractivity contribution in [2.45, 2.75) is 32.4 Å². The van der Waals surface area contributed by atoms with Crippen LogP contribution in [0.4, 0.5) is 18.9 Å². The largest absolute Gasteiger partial charge is 0.418 e. The number of rotatable bonds is 6. The van der Waals surface area contributed by atoms with E-state index in [1.807, 2.05) is 6.92 Å². The van der Waals surface area contributed by atoms with Crippen molar-refractivity contribution >= 4 is 12.0 Å². The monoisotopic (exact) mass is 273 g/mol. The number of benzene rings is 1. The van der Waals surface area contributed by atoms with Crippen LogP contribution >= 0.6 is 0 Å². The quantitative estimate of drug-likeness (QED) is 0.573. The molecular formula is C14H18F3NO. The first-order valence-electron chi connectivity index (χ1n) is 6.27. The van der Waals surface area contributed by atoms with Crippen molar-refractivity contribution in [3.63, 3.8) is 0 Å². The highest BCUT2D eigenvalue weighted by Gasteiger charge is 2.34. The van der Waals surface area contributed by atoms with E-state index in [-0.39, 0.29) is 11.3 Å². The van der Waals surface area contributed by atoms with Gasteiger partial charge in [0.1, 0.15) is 6.29 Å². The van der Waals surface area contributed by atoms with E-state index in [4.69, 9.17) is 0 Å². The second-order valence-electron chi connectivity index (χ2n) is 4.52. The van der Waals surface area contributed by atoms with Gasteiger partial charge in [-0.3, -0.25) is 4.79 Å². The van der Waals surface area contributed by atoms with E-state index in [0.29, 0.717) is 12.8 Å². The normalized spacial score (nSPS) is 11.4. The molecule has 0 N–H and O–H groups in total. The average molecular weight is 273 g/mol. The van der Waals surface area contributed by atoms with E-state index in [1.165, 1.54) is 12.1 Å². The maximum Gasteiger partial charge on any atom is 0.418 e. The van der Waals surface area contributed by atoms with E-state index < -0.39 is 11.7 Å². The number of carbonyl (C=O) groups excluding carboxylic acids is 1. The van der Waals surface area contributed by atoms with Gasteiger partial charge in [-0.15, -0.1) is 0 Å². The molecule has 1 aromatic rings. The van der Waals surface area contributed by atoms with Gasteiger partial charge in [-0.2, -0.15) is 13.2 Å². The summed E-state index contributed by atoms with van der Waals surface area (Å²) in [6.45, 7) is 2.61. The molecule has 0 radical (unpaired) electrons. The molecule has 0 atom stereocenters. The molecule has 2 nitrogen and oxygen atoms in total. The molecule has 0 amide bonds. The lowest BCUT2D eigenvalue weighted by molar-refractivity contribution is -0.137. The fourth-order valence-corrected chi connectivity index (χ4v) is 1.91. The Morgan fingerprint density at radius 2 is 1.95 bits per heavy atom. The minimum atomic E-state index is -4.45. The molecular weight excluding hydrogens is 255 g/mol. The molecule has 0 aliphatic rings. The van der Waals surface area contributed by atoms with Crippen LogP contribution in [0.25, 0.3) is 0 Å². The Hall–Kier alpha value is -1.52. The summed E-state index contributed by atoms with van der Waals surface area (Å²) in [5.74, 6) is 0. The minimum Gasteiger partial charge on any atom is -0.374 e. The van der Waals surface area contributed by atoms with Crippen LogP contribution < -0.4 is 4.90 Å². The van der Waals surface area contributed by atoms with E-state index >= 15 is 0 Å². The van der Waals surface area contributed by atoms with E-state index in [0.717, 1.165) is 25.3 Å². The second-order valence-corrected chi connectivity index (χ2v) is 4.52. The van der Waals surface area contributed by atoms with Gasteiger partial charge in [0.15, 0.2) is 0 Å². The summed E-state index contributed by atoms with van der Waals surface area (Å²) < 4.78 is 38.9. The van der Waals surface area contributed by atoms with Crippen LogP contribution in [0.2, 0.25) is 0 Å². The number of alkyl halides is 3. The summed E-state index contributed by atoms with van der Waals surface area (Å²) in [5.41, 5.74) is -0.594. The van der Waals surface area contributed by atoms with Crippen LogP contribution in [0.1, 0.15) is 42.1 Å². The standard InChI is InChI=1S/C14H18F3NO/c1-3-4-5-8-18(2)13-7-6-11(10-19)9-12(13)14(15,16)17/h6-7,9-10H,3-5,8H2,1-2H3. The van der Waals surface area contributed by atoms with Crippen LogP contribution in [-0.2, 0) is 6.18 Å². The van der Waals surface area contributed by atoms with Gasteiger partial charge in [0, 0.05) is 24.8 Å². The van der Waals surface area contributed by atoms with Gasteiger partial charge in [-0.25, -0.2) is 0 Å². The highest BCUT2D eigenvalue weighted by atomic mass is 19.4. The summed E-state index contributed by atoms with van der Waals surface area (Å²) in [6.07, 6.45) is -1.18. The Balaban J connectivity index is 3.02. The zero-order chi connectivity index (χ0) is 14.5. The first-order valence-corrected chi connectivity index (χ1v) is 6.27. The van der Waals surface area contributed by atoms with Crippen LogP contribution in [0.5, 0.6) is 0 Å². The fraction of sp³-hybridized carbons (Fsp3) is 0.500. The molecule has 0 aromatic heterocycles. The average Bonchev–Trinajstić information content (AvgIpc) is 2.37. The van der Waals surface area contributed by atoms with E-state index in [9.17, 15) is 18.0 Å². The van der Waals surface area contributed by atoms with Crippen LogP contribution in [0, 0.1) is 0 Å². The van der Waals surface area contributed by atoms with Crippen molar-refractivity contribution in [2.24, 2.45) is 0 Å². The topological polar surface area (TPSA) is 20.3 Å². The lowest BCUT2D eigenvalue weighted by atomic mass is 10.1. The van der Waals surface area contributed by atoms with E-state index in [1.54, 1.807) is 11.9 Å². The zero-order valence-electron chi connectivity index (χ0n) is 11.1. The maximum atomic E-state index is 13.0. The van der Waals surface area contributed by atoms with Crippen molar-refractivity contribution in [3.8, 4) is 0 Å². The van der Waals surface area contributed by atoms with Crippen LogP contribution in [0.3, 0.4) is 0 Å². The van der Waals surface area contributed by atoms with Crippen molar-refractivity contribution in [2.75, 3.05) is 18.5 Å².